The minimum atomic E-state index is -0.0773. The molecular weight excluding hydrogens is 254 g/mol. The highest BCUT2D eigenvalue weighted by Gasteiger charge is 2.59. The third-order valence-electron chi connectivity index (χ3n) is 6.03. The average Bonchev–Trinajstić information content (AvgIpc) is 3.19. The van der Waals surface area contributed by atoms with Crippen molar-refractivity contribution in [3.8, 4) is 0 Å². The normalized spacial score (nSPS) is 45.8. The summed E-state index contributed by atoms with van der Waals surface area (Å²) in [5, 5.41) is 9.40. The molecule has 0 aromatic carbocycles. The van der Waals surface area contributed by atoms with E-state index >= 15 is 0 Å². The van der Waals surface area contributed by atoms with E-state index < -0.39 is 0 Å². The van der Waals surface area contributed by atoms with Crippen molar-refractivity contribution in [3.05, 3.63) is 12.2 Å². The Kier molecular flexibility index (Phi) is 2.78. The van der Waals surface area contributed by atoms with Crippen molar-refractivity contribution in [2.75, 3.05) is 13.2 Å². The van der Waals surface area contributed by atoms with Crippen LogP contribution < -0.4 is 0 Å². The summed E-state index contributed by atoms with van der Waals surface area (Å²) in [6, 6.07) is 0. The number of allylic oxidation sites excluding steroid dienone is 2. The first-order chi connectivity index (χ1) is 9.70. The Balaban J connectivity index is 1.53. The predicted molar refractivity (Wildman–Crippen MR) is 72.4 cm³/mol. The first-order valence-corrected chi connectivity index (χ1v) is 7.85. The summed E-state index contributed by atoms with van der Waals surface area (Å²) in [6.07, 6.45) is 8.41. The number of carbonyl (C=O) groups is 2. The van der Waals surface area contributed by atoms with Gasteiger partial charge in [-0.25, -0.2) is 0 Å². The van der Waals surface area contributed by atoms with E-state index in [1.54, 1.807) is 0 Å². The molecule has 2 saturated carbocycles. The van der Waals surface area contributed by atoms with Crippen LogP contribution in [0.2, 0.25) is 0 Å². The molecule has 0 aromatic rings. The van der Waals surface area contributed by atoms with Crippen LogP contribution in [0.5, 0.6) is 0 Å². The second-order valence-electron chi connectivity index (χ2n) is 6.92. The molecule has 1 aliphatic heterocycles. The minimum absolute atomic E-state index is 0.0560. The van der Waals surface area contributed by atoms with Crippen LogP contribution in [-0.2, 0) is 9.59 Å². The number of aliphatic hydroxyl groups is 1. The summed E-state index contributed by atoms with van der Waals surface area (Å²) in [7, 11) is 0. The monoisotopic (exact) mass is 275 g/mol. The molecule has 4 nitrogen and oxygen atoms in total. The molecule has 3 aliphatic carbocycles. The molecule has 2 bridgehead atoms. The molecule has 20 heavy (non-hydrogen) atoms. The maximum atomic E-state index is 12.6. The maximum absolute atomic E-state index is 12.6. The van der Waals surface area contributed by atoms with E-state index in [4.69, 9.17) is 0 Å². The zero-order valence-electron chi connectivity index (χ0n) is 11.6. The Bertz CT molecular complexity index is 456. The first kappa shape index (κ1) is 12.6. The van der Waals surface area contributed by atoms with Crippen molar-refractivity contribution >= 4 is 11.8 Å². The Morgan fingerprint density at radius 1 is 1.05 bits per heavy atom. The smallest absolute Gasteiger partial charge is 0.233 e. The van der Waals surface area contributed by atoms with Gasteiger partial charge in [0, 0.05) is 13.2 Å². The highest BCUT2D eigenvalue weighted by atomic mass is 16.3. The largest absolute Gasteiger partial charge is 0.396 e. The van der Waals surface area contributed by atoms with Crippen molar-refractivity contribution in [2.45, 2.75) is 25.7 Å². The summed E-state index contributed by atoms with van der Waals surface area (Å²) >= 11 is 0. The van der Waals surface area contributed by atoms with E-state index in [0.29, 0.717) is 24.3 Å². The summed E-state index contributed by atoms with van der Waals surface area (Å²) in [6.45, 7) is 0.718. The minimum Gasteiger partial charge on any atom is -0.396 e. The standard InChI is InChI=1S/C16H21NO3/c18-8-12-3-1-2-11(12)7-17-15(19)13-9-4-5-10(6-9)14(13)16(17)20/h4-5,9-14,18H,1-3,6-8H2. The SMILES string of the molecule is O=C1C2C3C=CC(C3)C2C(=O)N1CC1CCCC1CO. The molecule has 3 fully saturated rings. The number of nitrogens with zero attached hydrogens (tertiary/aromatic N) is 1. The maximum Gasteiger partial charge on any atom is 0.233 e. The lowest BCUT2D eigenvalue weighted by Crippen LogP contribution is -2.38. The average molecular weight is 275 g/mol. The van der Waals surface area contributed by atoms with Crippen molar-refractivity contribution < 1.29 is 14.7 Å². The molecule has 0 aromatic heterocycles. The Morgan fingerprint density at radius 3 is 2.25 bits per heavy atom. The fraction of sp³-hybridized carbons (Fsp3) is 0.750. The number of aliphatic hydroxyl groups excluding tert-OH is 1. The number of likely N-dealkylation sites (tertiary alicyclic amines) is 1. The molecule has 6 atom stereocenters. The number of rotatable bonds is 3. The third-order valence-corrected chi connectivity index (χ3v) is 6.03. The fourth-order valence-corrected chi connectivity index (χ4v) is 4.97. The Labute approximate surface area is 118 Å². The van der Waals surface area contributed by atoms with E-state index in [1.165, 1.54) is 4.90 Å². The molecule has 4 rings (SSSR count). The van der Waals surface area contributed by atoms with E-state index in [2.05, 4.69) is 12.2 Å². The Hall–Kier alpha value is -1.16. The van der Waals surface area contributed by atoms with Crippen LogP contribution in [0.4, 0.5) is 0 Å². The van der Waals surface area contributed by atoms with Gasteiger partial charge in [0.05, 0.1) is 11.8 Å². The molecule has 2 amide bonds. The lowest BCUT2D eigenvalue weighted by atomic mass is 9.85. The van der Waals surface area contributed by atoms with Gasteiger partial charge in [-0.2, -0.15) is 0 Å². The van der Waals surface area contributed by atoms with Gasteiger partial charge in [0.25, 0.3) is 0 Å². The van der Waals surface area contributed by atoms with E-state index in [1.807, 2.05) is 0 Å². The molecule has 4 heteroatoms. The van der Waals surface area contributed by atoms with E-state index in [9.17, 15) is 14.7 Å². The van der Waals surface area contributed by atoms with Gasteiger partial charge in [-0.15, -0.1) is 0 Å². The van der Waals surface area contributed by atoms with Crippen molar-refractivity contribution in [1.82, 2.24) is 4.90 Å². The van der Waals surface area contributed by atoms with Crippen molar-refractivity contribution in [2.24, 2.45) is 35.5 Å². The van der Waals surface area contributed by atoms with Gasteiger partial charge < -0.3 is 5.11 Å². The molecule has 108 valence electrons. The fourth-order valence-electron chi connectivity index (χ4n) is 4.97. The van der Waals surface area contributed by atoms with Gasteiger partial charge in [0.15, 0.2) is 0 Å². The van der Waals surface area contributed by atoms with Crippen molar-refractivity contribution in [1.29, 1.82) is 0 Å². The third kappa shape index (κ3) is 1.57. The van der Waals surface area contributed by atoms with Crippen LogP contribution in [0.25, 0.3) is 0 Å². The molecule has 0 radical (unpaired) electrons. The van der Waals surface area contributed by atoms with Gasteiger partial charge in [0.1, 0.15) is 0 Å². The lowest BCUT2D eigenvalue weighted by Gasteiger charge is -2.24. The topological polar surface area (TPSA) is 57.6 Å². The zero-order chi connectivity index (χ0) is 13.9. The summed E-state index contributed by atoms with van der Waals surface area (Å²) in [4.78, 5) is 26.7. The second-order valence-corrected chi connectivity index (χ2v) is 6.92. The van der Waals surface area contributed by atoms with E-state index in [-0.39, 0.29) is 36.2 Å². The highest BCUT2D eigenvalue weighted by Crippen LogP contribution is 2.52. The number of hydrogen-bond acceptors (Lipinski definition) is 3. The van der Waals surface area contributed by atoms with Gasteiger partial charge in [0.2, 0.25) is 11.8 Å². The lowest BCUT2D eigenvalue weighted by molar-refractivity contribution is -0.141. The summed E-state index contributed by atoms with van der Waals surface area (Å²) in [5.74, 6) is 1.12. The number of fused-ring (bicyclic) bond motifs is 5. The number of hydrogen-bond donors (Lipinski definition) is 1. The van der Waals surface area contributed by atoms with Crippen LogP contribution in [0.3, 0.4) is 0 Å². The summed E-state index contributed by atoms with van der Waals surface area (Å²) in [5.41, 5.74) is 0. The predicted octanol–water partition coefficient (Wildman–Crippen LogP) is 1.20. The quantitative estimate of drug-likeness (QED) is 0.622. The first-order valence-electron chi connectivity index (χ1n) is 7.85. The molecule has 1 heterocycles. The zero-order valence-corrected chi connectivity index (χ0v) is 11.6. The number of carbonyl (C=O) groups excluding carboxylic acids is 2. The summed E-state index contributed by atoms with van der Waals surface area (Å²) < 4.78 is 0. The molecule has 4 aliphatic rings. The van der Waals surface area contributed by atoms with Gasteiger partial charge in [-0.3, -0.25) is 14.5 Å². The molecule has 6 unspecified atom stereocenters. The van der Waals surface area contributed by atoms with Crippen LogP contribution in [0, 0.1) is 35.5 Å². The molecule has 1 saturated heterocycles. The van der Waals surface area contributed by atoms with Gasteiger partial charge >= 0.3 is 0 Å². The van der Waals surface area contributed by atoms with Crippen LogP contribution >= 0.6 is 0 Å². The second kappa shape index (κ2) is 4.42. The Morgan fingerprint density at radius 2 is 1.65 bits per heavy atom. The molecular formula is C16H21NO3. The van der Waals surface area contributed by atoms with E-state index in [0.717, 1.165) is 25.7 Å². The highest BCUT2D eigenvalue weighted by molar-refractivity contribution is 6.06. The number of imide groups is 1. The van der Waals surface area contributed by atoms with Crippen LogP contribution in [0.15, 0.2) is 12.2 Å². The van der Waals surface area contributed by atoms with Gasteiger partial charge in [-0.1, -0.05) is 18.6 Å². The van der Waals surface area contributed by atoms with Crippen LogP contribution in [-0.4, -0.2) is 35.0 Å². The molecule has 0 spiro atoms. The van der Waals surface area contributed by atoms with Crippen LogP contribution in [0.1, 0.15) is 25.7 Å². The molecule has 1 N–H and O–H groups in total. The van der Waals surface area contributed by atoms with Crippen molar-refractivity contribution in [3.63, 3.8) is 0 Å². The van der Waals surface area contributed by atoms with Gasteiger partial charge in [-0.05, 0) is 42.9 Å². The number of amides is 2.